The smallest absolute Gasteiger partial charge is 0.308 e. The monoisotopic (exact) mass is 759 g/mol. The molecular formula is C39H69NO13. The van der Waals surface area contributed by atoms with Crippen molar-refractivity contribution in [1.29, 1.82) is 0 Å². The second kappa shape index (κ2) is 21.6. The minimum Gasteiger partial charge on any atom is -0.462 e. The van der Waals surface area contributed by atoms with Crippen molar-refractivity contribution >= 4 is 18.0 Å². The number of esters is 1. The first-order valence-corrected chi connectivity index (χ1v) is 19.6. The lowest BCUT2D eigenvalue weighted by atomic mass is 9.79. The largest absolute Gasteiger partial charge is 0.462 e. The van der Waals surface area contributed by atoms with E-state index in [2.05, 4.69) is 6.92 Å². The Morgan fingerprint density at radius 1 is 0.868 bits per heavy atom. The van der Waals surface area contributed by atoms with Crippen LogP contribution in [0.1, 0.15) is 92.9 Å². The number of aliphatic hydroxyl groups excluding tert-OH is 3. The molecule has 0 saturated carbocycles. The van der Waals surface area contributed by atoms with Crippen LogP contribution in [0, 0.1) is 29.6 Å². The number of hydrogen-bond donors (Lipinski definition) is 3. The zero-order valence-corrected chi connectivity index (χ0v) is 33.6. The number of carbonyl (C=O) groups is 3. The summed E-state index contributed by atoms with van der Waals surface area (Å²) in [6.07, 6.45) is -5.26. The minimum absolute atomic E-state index is 0.0578. The van der Waals surface area contributed by atoms with Gasteiger partial charge < -0.3 is 58.2 Å². The molecule has 2 unspecified atom stereocenters. The molecule has 3 fully saturated rings. The quantitative estimate of drug-likeness (QED) is 0.207. The molecule has 3 aliphatic heterocycles. The molecule has 3 aliphatic rings. The van der Waals surface area contributed by atoms with Gasteiger partial charge in [0.1, 0.15) is 42.6 Å². The Labute approximate surface area is 316 Å². The summed E-state index contributed by atoms with van der Waals surface area (Å²) in [5.41, 5.74) is 0. The molecule has 14 heteroatoms. The topological polar surface area (TPSA) is 180 Å². The molecule has 0 aromatic rings. The summed E-state index contributed by atoms with van der Waals surface area (Å²) >= 11 is 0. The van der Waals surface area contributed by atoms with Gasteiger partial charge >= 0.3 is 5.97 Å². The standard InChI is InChI=1S/C39H69NO13/c1-11-31-27(20-49-39-37(48-10)36(47-9)33(45)25(6)51-39)16-21(2)12-13-29(42)22(3)17-26(14-15-41)35(24(5)30(43)19-32(44)52-31)53-38-34(46)28(40(7)8)18-23(4)50-38/h15,21-28,30-31,33-39,43,45-46H,11-14,16-20H2,1-10H3/t21?,22-,23-,24-,25-,26+,27?,28+,30-,31-,33-,34-,35-,36-,37-,38+,39-/m1/s1. The molecule has 308 valence electrons. The van der Waals surface area contributed by atoms with Gasteiger partial charge in [0.25, 0.3) is 0 Å². The number of Topliss-reactive ketones (excluding diaryl/α,β-unsaturated/α-hetero) is 1. The fourth-order valence-electron chi connectivity index (χ4n) is 8.31. The number of nitrogens with zero attached hydrogens (tertiary/aromatic N) is 1. The van der Waals surface area contributed by atoms with Gasteiger partial charge in [-0.2, -0.15) is 0 Å². The lowest BCUT2D eigenvalue weighted by Crippen LogP contribution is -2.59. The first-order valence-electron chi connectivity index (χ1n) is 19.6. The van der Waals surface area contributed by atoms with Crippen LogP contribution in [0.25, 0.3) is 0 Å². The van der Waals surface area contributed by atoms with Gasteiger partial charge in [0, 0.05) is 50.9 Å². The number of methoxy groups -OCH3 is 2. The van der Waals surface area contributed by atoms with Crippen LogP contribution in [-0.2, 0) is 47.5 Å². The molecule has 0 bridgehead atoms. The van der Waals surface area contributed by atoms with Crippen LogP contribution in [0.15, 0.2) is 0 Å². The first-order chi connectivity index (χ1) is 25.1. The van der Waals surface area contributed by atoms with Crippen molar-refractivity contribution in [2.24, 2.45) is 29.6 Å². The fraction of sp³-hybridized carbons (Fsp3) is 0.923. The zero-order valence-electron chi connectivity index (χ0n) is 33.6. The van der Waals surface area contributed by atoms with Crippen LogP contribution in [0.3, 0.4) is 0 Å². The molecule has 3 N–H and O–H groups in total. The number of aliphatic hydroxyl groups is 3. The van der Waals surface area contributed by atoms with E-state index in [1.807, 2.05) is 39.8 Å². The van der Waals surface area contributed by atoms with Crippen LogP contribution >= 0.6 is 0 Å². The Bertz CT molecular complexity index is 1130. The Morgan fingerprint density at radius 3 is 2.15 bits per heavy atom. The van der Waals surface area contributed by atoms with Crippen molar-refractivity contribution < 1.29 is 62.9 Å². The van der Waals surface area contributed by atoms with Crippen LogP contribution in [0.5, 0.6) is 0 Å². The summed E-state index contributed by atoms with van der Waals surface area (Å²) in [5, 5.41) is 33.5. The highest BCUT2D eigenvalue weighted by Gasteiger charge is 2.46. The number of carbonyl (C=O) groups excluding carboxylic acids is 3. The molecule has 0 radical (unpaired) electrons. The van der Waals surface area contributed by atoms with Crippen molar-refractivity contribution in [2.45, 2.75) is 166 Å². The number of hydrogen-bond acceptors (Lipinski definition) is 14. The van der Waals surface area contributed by atoms with Gasteiger partial charge in [0.2, 0.25) is 0 Å². The van der Waals surface area contributed by atoms with Crippen molar-refractivity contribution in [3.63, 3.8) is 0 Å². The fourth-order valence-corrected chi connectivity index (χ4v) is 8.31. The van der Waals surface area contributed by atoms with Crippen molar-refractivity contribution in [3.05, 3.63) is 0 Å². The van der Waals surface area contributed by atoms with E-state index in [4.69, 9.17) is 33.2 Å². The summed E-state index contributed by atoms with van der Waals surface area (Å²) in [7, 11) is 6.74. The van der Waals surface area contributed by atoms with Crippen molar-refractivity contribution in [3.8, 4) is 0 Å². The van der Waals surface area contributed by atoms with Crippen molar-refractivity contribution in [1.82, 2.24) is 4.90 Å². The normalized spacial score (nSPS) is 43.0. The number of ketones is 1. The van der Waals surface area contributed by atoms with E-state index in [1.54, 1.807) is 13.8 Å². The maximum atomic E-state index is 13.6. The van der Waals surface area contributed by atoms with Crippen molar-refractivity contribution in [2.75, 3.05) is 34.9 Å². The molecule has 3 saturated heterocycles. The average Bonchev–Trinajstić information content (AvgIpc) is 3.11. The molecule has 0 spiro atoms. The van der Waals surface area contributed by atoms with E-state index < -0.39 is 85.1 Å². The Hall–Kier alpha value is -1.59. The highest BCUT2D eigenvalue weighted by atomic mass is 16.7. The highest BCUT2D eigenvalue weighted by molar-refractivity contribution is 5.80. The zero-order chi connectivity index (χ0) is 39.6. The van der Waals surface area contributed by atoms with Crippen LogP contribution in [0.4, 0.5) is 0 Å². The third-order valence-electron chi connectivity index (χ3n) is 11.7. The molecule has 3 heterocycles. The number of rotatable bonds is 11. The Morgan fingerprint density at radius 2 is 1.55 bits per heavy atom. The average molecular weight is 760 g/mol. The number of aldehydes is 1. The molecule has 0 aliphatic carbocycles. The number of ether oxygens (including phenoxy) is 7. The Kier molecular flexibility index (Phi) is 18.7. The summed E-state index contributed by atoms with van der Waals surface area (Å²) < 4.78 is 42.1. The number of cyclic esters (lactones) is 1. The maximum Gasteiger partial charge on any atom is 0.308 e. The third-order valence-corrected chi connectivity index (χ3v) is 11.7. The molecule has 17 atom stereocenters. The highest BCUT2D eigenvalue weighted by Crippen LogP contribution is 2.35. The van der Waals surface area contributed by atoms with Crippen LogP contribution in [-0.4, -0.2) is 147 Å². The second-order valence-corrected chi connectivity index (χ2v) is 16.1. The van der Waals surface area contributed by atoms with E-state index in [1.165, 1.54) is 14.2 Å². The molecule has 0 aromatic heterocycles. The van der Waals surface area contributed by atoms with Gasteiger partial charge in [-0.15, -0.1) is 0 Å². The lowest BCUT2D eigenvalue weighted by molar-refractivity contribution is -0.305. The van der Waals surface area contributed by atoms with Gasteiger partial charge in [0.05, 0.1) is 37.4 Å². The molecule has 0 amide bonds. The van der Waals surface area contributed by atoms with Gasteiger partial charge in [-0.05, 0) is 71.9 Å². The summed E-state index contributed by atoms with van der Waals surface area (Å²) in [6.45, 7) is 11.3. The maximum absolute atomic E-state index is 13.6. The summed E-state index contributed by atoms with van der Waals surface area (Å²) in [4.78, 5) is 41.2. The van der Waals surface area contributed by atoms with Crippen LogP contribution < -0.4 is 0 Å². The van der Waals surface area contributed by atoms with Gasteiger partial charge in [-0.1, -0.05) is 27.7 Å². The predicted molar refractivity (Wildman–Crippen MR) is 195 cm³/mol. The molecule has 3 rings (SSSR count). The minimum atomic E-state index is -1.23. The van der Waals surface area contributed by atoms with Crippen LogP contribution in [0.2, 0.25) is 0 Å². The van der Waals surface area contributed by atoms with E-state index in [0.29, 0.717) is 38.5 Å². The third kappa shape index (κ3) is 12.5. The number of likely N-dealkylation sites (N-methyl/N-ethyl adjacent to an activating group) is 1. The van der Waals surface area contributed by atoms with E-state index >= 15 is 0 Å². The van der Waals surface area contributed by atoms with Gasteiger partial charge in [-0.25, -0.2) is 0 Å². The SMILES string of the molecule is CC[C@H]1OC(=O)C[C@@H](O)[C@@H](C)[C@@H](O[C@@H]2O[C@H](C)C[C@H](N(C)C)[C@H]2O)[C@@H](CC=O)C[C@@H](C)C(=O)CCC(C)CC1CO[C@@H]1O[C@H](C)[C@@H](O)[C@@H](OC)[C@H]1OC. The summed E-state index contributed by atoms with van der Waals surface area (Å²) in [6, 6.07) is -0.249. The Balaban J connectivity index is 1.90. The lowest BCUT2D eigenvalue weighted by Gasteiger charge is -2.44. The van der Waals surface area contributed by atoms with E-state index in [0.717, 1.165) is 6.29 Å². The van der Waals surface area contributed by atoms with Gasteiger partial charge in [0.15, 0.2) is 12.6 Å². The van der Waals surface area contributed by atoms with E-state index in [9.17, 15) is 29.7 Å². The van der Waals surface area contributed by atoms with Gasteiger partial charge in [-0.3, -0.25) is 9.59 Å². The predicted octanol–water partition coefficient (Wildman–Crippen LogP) is 2.90. The second-order valence-electron chi connectivity index (χ2n) is 16.1. The summed E-state index contributed by atoms with van der Waals surface area (Å²) in [5.74, 6) is -2.37. The van der Waals surface area contributed by atoms with E-state index in [-0.39, 0.29) is 49.2 Å². The molecule has 0 aromatic carbocycles. The molecular weight excluding hydrogens is 690 g/mol. The molecule has 14 nitrogen and oxygen atoms in total. The molecule has 53 heavy (non-hydrogen) atoms. The first kappa shape index (κ1) is 45.8.